The maximum absolute atomic E-state index is 13.8. The molecule has 4 aromatic rings. The number of aromatic nitrogens is 1. The van der Waals surface area contributed by atoms with Crippen molar-refractivity contribution in [2.45, 2.75) is 19.9 Å². The van der Waals surface area contributed by atoms with Gasteiger partial charge in [0.1, 0.15) is 11.6 Å². The highest BCUT2D eigenvalue weighted by atomic mass is 32.1. The number of hydrogen-bond donors (Lipinski definition) is 2. The first-order chi connectivity index (χ1) is 17.2. The third-order valence-electron chi connectivity index (χ3n) is 6.16. The summed E-state index contributed by atoms with van der Waals surface area (Å²) < 4.78 is 19.6. The number of aryl methyl sites for hydroxylation is 2. The lowest BCUT2D eigenvalue weighted by atomic mass is 9.93. The monoisotopic (exact) mass is 504 g/mol. The summed E-state index contributed by atoms with van der Waals surface area (Å²) in [4.78, 5) is 32.5. The number of aliphatic hydroxyl groups is 1. The van der Waals surface area contributed by atoms with Gasteiger partial charge in [0.2, 0.25) is 0 Å². The summed E-state index contributed by atoms with van der Waals surface area (Å²) in [6.07, 6.45) is 0. The van der Waals surface area contributed by atoms with Crippen molar-refractivity contribution < 1.29 is 28.9 Å². The van der Waals surface area contributed by atoms with Crippen LogP contribution in [0.15, 0.2) is 60.2 Å². The molecule has 1 fully saturated rings. The second kappa shape index (κ2) is 8.76. The first kappa shape index (κ1) is 23.5. The Kier molecular flexibility index (Phi) is 5.72. The van der Waals surface area contributed by atoms with E-state index in [0.29, 0.717) is 21.3 Å². The smallest absolute Gasteiger partial charge is 0.301 e. The van der Waals surface area contributed by atoms with Gasteiger partial charge in [-0.1, -0.05) is 35.1 Å². The summed E-state index contributed by atoms with van der Waals surface area (Å²) in [5, 5.41) is 21.7. The SMILES string of the molecule is COc1cc(C2/C(=C(\O)c3cc(C)ccc3C)C(=O)C(=O)N2c2nc3ccc(F)cc3s2)ccc1O. The highest BCUT2D eigenvalue weighted by Gasteiger charge is 2.48. The molecule has 0 aliphatic carbocycles. The first-order valence-electron chi connectivity index (χ1n) is 11.0. The molecular formula is C27H21FN2O5S. The summed E-state index contributed by atoms with van der Waals surface area (Å²) in [6, 6.07) is 12.9. The van der Waals surface area contributed by atoms with Crippen LogP contribution in [0.4, 0.5) is 9.52 Å². The van der Waals surface area contributed by atoms with Crippen LogP contribution in [0.25, 0.3) is 16.0 Å². The Morgan fingerprint density at radius 2 is 1.86 bits per heavy atom. The zero-order valence-corrected chi connectivity index (χ0v) is 20.4. The minimum atomic E-state index is -1.06. The van der Waals surface area contributed by atoms with Gasteiger partial charge in [0, 0.05) is 5.56 Å². The van der Waals surface area contributed by atoms with E-state index in [-0.39, 0.29) is 28.0 Å². The molecule has 9 heteroatoms. The Morgan fingerprint density at radius 1 is 1.08 bits per heavy atom. The van der Waals surface area contributed by atoms with E-state index in [1.54, 1.807) is 19.1 Å². The third-order valence-corrected chi connectivity index (χ3v) is 7.17. The number of ether oxygens (including phenoxy) is 1. The van der Waals surface area contributed by atoms with Gasteiger partial charge in [-0.3, -0.25) is 14.5 Å². The zero-order chi connectivity index (χ0) is 25.7. The van der Waals surface area contributed by atoms with E-state index in [9.17, 15) is 24.2 Å². The fraction of sp³-hybridized carbons (Fsp3) is 0.148. The number of methoxy groups -OCH3 is 1. The fourth-order valence-corrected chi connectivity index (χ4v) is 5.35. The average molecular weight is 505 g/mol. The van der Waals surface area contributed by atoms with E-state index in [2.05, 4.69) is 4.98 Å². The number of aromatic hydroxyl groups is 1. The number of aliphatic hydroxyl groups excluding tert-OH is 1. The van der Waals surface area contributed by atoms with E-state index < -0.39 is 23.5 Å². The van der Waals surface area contributed by atoms with Gasteiger partial charge in [0.25, 0.3) is 5.78 Å². The lowest BCUT2D eigenvalue weighted by molar-refractivity contribution is -0.132. The van der Waals surface area contributed by atoms with Crippen LogP contribution in [0.2, 0.25) is 0 Å². The number of nitrogens with zero attached hydrogens (tertiary/aromatic N) is 2. The number of benzene rings is 3. The van der Waals surface area contributed by atoms with Crippen molar-refractivity contribution in [1.82, 2.24) is 4.98 Å². The minimum Gasteiger partial charge on any atom is -0.507 e. The Hall–Kier alpha value is -4.24. The van der Waals surface area contributed by atoms with Crippen molar-refractivity contribution in [2.75, 3.05) is 12.0 Å². The van der Waals surface area contributed by atoms with Crippen LogP contribution in [-0.2, 0) is 9.59 Å². The number of amides is 1. The van der Waals surface area contributed by atoms with Gasteiger partial charge in [0.05, 0.1) is 28.9 Å². The molecule has 3 aromatic carbocycles. The second-order valence-electron chi connectivity index (χ2n) is 8.53. The Labute approximate surface area is 209 Å². The molecule has 1 saturated heterocycles. The number of fused-ring (bicyclic) bond motifs is 1. The van der Waals surface area contributed by atoms with Crippen molar-refractivity contribution >= 4 is 44.1 Å². The number of Topliss-reactive ketones (excluding diaryl/α,β-unsaturated/α-hetero) is 1. The van der Waals surface area contributed by atoms with E-state index in [1.165, 1.54) is 42.3 Å². The predicted molar refractivity (Wildman–Crippen MR) is 135 cm³/mol. The van der Waals surface area contributed by atoms with Crippen LogP contribution in [0.5, 0.6) is 11.5 Å². The molecule has 0 radical (unpaired) electrons. The van der Waals surface area contributed by atoms with Crippen molar-refractivity contribution in [3.05, 3.63) is 88.2 Å². The molecule has 0 saturated carbocycles. The molecule has 0 bridgehead atoms. The number of carbonyl (C=O) groups is 2. The van der Waals surface area contributed by atoms with Crippen molar-refractivity contribution in [3.8, 4) is 11.5 Å². The van der Waals surface area contributed by atoms with Gasteiger partial charge in [0.15, 0.2) is 16.6 Å². The normalized spacial score (nSPS) is 17.2. The molecule has 7 nitrogen and oxygen atoms in total. The fourth-order valence-electron chi connectivity index (χ4n) is 4.33. The molecule has 2 heterocycles. The summed E-state index contributed by atoms with van der Waals surface area (Å²) in [7, 11) is 1.38. The number of ketones is 1. The predicted octanol–water partition coefficient (Wildman–Crippen LogP) is 5.39. The van der Waals surface area contributed by atoms with Crippen LogP contribution in [0, 0.1) is 19.7 Å². The van der Waals surface area contributed by atoms with Gasteiger partial charge in [-0.05, 0) is 61.4 Å². The van der Waals surface area contributed by atoms with Crippen LogP contribution >= 0.6 is 11.3 Å². The highest BCUT2D eigenvalue weighted by Crippen LogP contribution is 2.46. The van der Waals surface area contributed by atoms with Gasteiger partial charge >= 0.3 is 5.91 Å². The first-order valence-corrected chi connectivity index (χ1v) is 11.8. The number of thiazole rings is 1. The number of rotatable bonds is 4. The molecule has 0 spiro atoms. The standard InChI is InChI=1S/C27H21FN2O5S/c1-13-4-5-14(2)17(10-13)24(32)22-23(15-6-9-19(31)20(11-15)35-3)30(26(34)25(22)33)27-29-18-8-7-16(28)12-21(18)36-27/h4-12,23,31-32H,1-3H3/b24-22+. The molecule has 182 valence electrons. The Balaban J connectivity index is 1.78. The molecule has 5 rings (SSSR count). The molecule has 36 heavy (non-hydrogen) atoms. The highest BCUT2D eigenvalue weighted by molar-refractivity contribution is 7.22. The molecule has 1 aromatic heterocycles. The van der Waals surface area contributed by atoms with Gasteiger partial charge in [-0.2, -0.15) is 0 Å². The molecule has 1 atom stereocenters. The van der Waals surface area contributed by atoms with Crippen LogP contribution in [0.1, 0.15) is 28.3 Å². The largest absolute Gasteiger partial charge is 0.507 e. The lowest BCUT2D eigenvalue weighted by Crippen LogP contribution is -2.29. The number of anilines is 1. The average Bonchev–Trinajstić information content (AvgIpc) is 3.38. The van der Waals surface area contributed by atoms with E-state index >= 15 is 0 Å². The van der Waals surface area contributed by atoms with Crippen molar-refractivity contribution in [3.63, 3.8) is 0 Å². The van der Waals surface area contributed by atoms with E-state index in [1.807, 2.05) is 19.1 Å². The van der Waals surface area contributed by atoms with Crippen LogP contribution in [-0.4, -0.2) is 34.0 Å². The van der Waals surface area contributed by atoms with E-state index in [4.69, 9.17) is 4.74 Å². The zero-order valence-electron chi connectivity index (χ0n) is 19.6. The second-order valence-corrected chi connectivity index (χ2v) is 9.54. The number of phenols is 1. The molecule has 2 N–H and O–H groups in total. The maximum atomic E-state index is 13.8. The molecule has 1 amide bonds. The molecule has 1 unspecified atom stereocenters. The maximum Gasteiger partial charge on any atom is 0.301 e. The number of hydrogen-bond acceptors (Lipinski definition) is 7. The van der Waals surface area contributed by atoms with Gasteiger partial charge < -0.3 is 14.9 Å². The number of halogens is 1. The Bertz CT molecular complexity index is 1590. The lowest BCUT2D eigenvalue weighted by Gasteiger charge is -2.23. The molecule has 1 aliphatic heterocycles. The van der Waals surface area contributed by atoms with Crippen molar-refractivity contribution in [1.29, 1.82) is 0 Å². The van der Waals surface area contributed by atoms with Crippen LogP contribution in [0.3, 0.4) is 0 Å². The summed E-state index contributed by atoms with van der Waals surface area (Å²) in [5.41, 5.74) is 2.78. The summed E-state index contributed by atoms with van der Waals surface area (Å²) in [5.74, 6) is -2.51. The summed E-state index contributed by atoms with van der Waals surface area (Å²) >= 11 is 1.06. The van der Waals surface area contributed by atoms with Crippen LogP contribution < -0.4 is 9.64 Å². The molecular weight excluding hydrogens is 483 g/mol. The Morgan fingerprint density at radius 3 is 2.61 bits per heavy atom. The third kappa shape index (κ3) is 3.77. The van der Waals surface area contributed by atoms with Gasteiger partial charge in [-0.15, -0.1) is 0 Å². The number of carbonyl (C=O) groups excluding carboxylic acids is 2. The molecule has 1 aliphatic rings. The van der Waals surface area contributed by atoms with E-state index in [0.717, 1.165) is 22.5 Å². The quantitative estimate of drug-likeness (QED) is 0.220. The van der Waals surface area contributed by atoms with Crippen molar-refractivity contribution in [2.24, 2.45) is 0 Å². The van der Waals surface area contributed by atoms with Gasteiger partial charge in [-0.25, -0.2) is 9.37 Å². The number of phenolic OH excluding ortho intramolecular Hbond substituents is 1. The minimum absolute atomic E-state index is 0.119. The summed E-state index contributed by atoms with van der Waals surface area (Å²) in [6.45, 7) is 3.66. The topological polar surface area (TPSA) is 100.0 Å².